The monoisotopic (exact) mass is 262 g/mol. The van der Waals surface area contributed by atoms with Crippen molar-refractivity contribution in [3.63, 3.8) is 0 Å². The Kier molecular flexibility index (Phi) is 6.79. The highest BCUT2D eigenvalue weighted by atomic mass is 16.5. The van der Waals surface area contributed by atoms with Crippen LogP contribution in [-0.2, 0) is 16.0 Å². The minimum atomic E-state index is -0.236. The molecule has 1 atom stereocenters. The summed E-state index contributed by atoms with van der Waals surface area (Å²) in [5, 5.41) is 0. The first-order valence-corrected chi connectivity index (χ1v) is 7.31. The van der Waals surface area contributed by atoms with Crippen LogP contribution < -0.4 is 0 Å². The Labute approximate surface area is 117 Å². The number of hydrogen-bond acceptors (Lipinski definition) is 2. The topological polar surface area (TPSA) is 26.3 Å². The van der Waals surface area contributed by atoms with Gasteiger partial charge >= 0.3 is 0 Å². The Hall–Kier alpha value is -1.15. The summed E-state index contributed by atoms with van der Waals surface area (Å²) in [6, 6.07) is 8.34. The Morgan fingerprint density at radius 3 is 2.26 bits per heavy atom. The Bertz CT molecular complexity index is 373. The fourth-order valence-corrected chi connectivity index (χ4v) is 2.14. The summed E-state index contributed by atoms with van der Waals surface area (Å²) in [6.07, 6.45) is 2.03. The number of carbonyl (C=O) groups excluding carboxylic acids is 1. The third-order valence-corrected chi connectivity index (χ3v) is 3.30. The van der Waals surface area contributed by atoms with Crippen LogP contribution in [0.5, 0.6) is 0 Å². The molecule has 0 heterocycles. The lowest BCUT2D eigenvalue weighted by Crippen LogP contribution is -2.25. The molecule has 0 fully saturated rings. The SMILES string of the molecule is CCCC(OCC)C(=O)Cc1ccc(C(C)C)cc1. The van der Waals surface area contributed by atoms with Gasteiger partial charge in [0.25, 0.3) is 0 Å². The molecule has 0 aliphatic rings. The number of hydrogen-bond donors (Lipinski definition) is 0. The van der Waals surface area contributed by atoms with E-state index in [9.17, 15) is 4.79 Å². The van der Waals surface area contributed by atoms with Gasteiger partial charge in [0.2, 0.25) is 0 Å². The summed E-state index contributed by atoms with van der Waals surface area (Å²) in [5.74, 6) is 0.724. The van der Waals surface area contributed by atoms with Gasteiger partial charge in [0, 0.05) is 13.0 Å². The molecule has 2 heteroatoms. The van der Waals surface area contributed by atoms with E-state index >= 15 is 0 Å². The lowest BCUT2D eigenvalue weighted by atomic mass is 9.98. The predicted molar refractivity (Wildman–Crippen MR) is 79.6 cm³/mol. The zero-order valence-corrected chi connectivity index (χ0v) is 12.6. The van der Waals surface area contributed by atoms with Gasteiger partial charge in [0.15, 0.2) is 5.78 Å². The summed E-state index contributed by atoms with van der Waals surface area (Å²) in [7, 11) is 0. The summed E-state index contributed by atoms with van der Waals surface area (Å²) < 4.78 is 5.53. The molecule has 1 aromatic rings. The van der Waals surface area contributed by atoms with Crippen LogP contribution in [0.3, 0.4) is 0 Å². The normalized spacial score (nSPS) is 12.7. The van der Waals surface area contributed by atoms with Gasteiger partial charge in [-0.3, -0.25) is 4.79 Å². The Morgan fingerprint density at radius 2 is 1.79 bits per heavy atom. The van der Waals surface area contributed by atoms with Gasteiger partial charge in [-0.1, -0.05) is 51.5 Å². The van der Waals surface area contributed by atoms with Gasteiger partial charge in [-0.05, 0) is 30.4 Å². The fourth-order valence-electron chi connectivity index (χ4n) is 2.14. The molecule has 0 radical (unpaired) electrons. The molecule has 0 amide bonds. The van der Waals surface area contributed by atoms with Crippen LogP contribution in [-0.4, -0.2) is 18.5 Å². The summed E-state index contributed by atoms with van der Waals surface area (Å²) in [6.45, 7) is 8.96. The molecule has 0 saturated carbocycles. The molecule has 1 rings (SSSR count). The van der Waals surface area contributed by atoms with E-state index < -0.39 is 0 Å². The van der Waals surface area contributed by atoms with Gasteiger partial charge in [-0.25, -0.2) is 0 Å². The molecule has 0 N–H and O–H groups in total. The second-order valence-corrected chi connectivity index (χ2v) is 5.27. The van der Waals surface area contributed by atoms with E-state index in [1.165, 1.54) is 5.56 Å². The lowest BCUT2D eigenvalue weighted by Gasteiger charge is -2.15. The molecule has 19 heavy (non-hydrogen) atoms. The van der Waals surface area contributed by atoms with Crippen molar-refractivity contribution in [3.8, 4) is 0 Å². The minimum absolute atomic E-state index is 0.195. The zero-order chi connectivity index (χ0) is 14.3. The first-order chi connectivity index (χ1) is 9.08. The van der Waals surface area contributed by atoms with Crippen LogP contribution in [0.15, 0.2) is 24.3 Å². The first kappa shape index (κ1) is 15.9. The molecule has 1 unspecified atom stereocenters. The summed E-state index contributed by atoms with van der Waals surface area (Å²) >= 11 is 0. The van der Waals surface area contributed by atoms with Crippen molar-refractivity contribution in [2.75, 3.05) is 6.61 Å². The Morgan fingerprint density at radius 1 is 1.16 bits per heavy atom. The maximum atomic E-state index is 12.2. The van der Waals surface area contributed by atoms with Crippen LogP contribution in [0.4, 0.5) is 0 Å². The first-order valence-electron chi connectivity index (χ1n) is 7.31. The van der Waals surface area contributed by atoms with Crippen LogP contribution >= 0.6 is 0 Å². The van der Waals surface area contributed by atoms with E-state index in [1.54, 1.807) is 0 Å². The quantitative estimate of drug-likeness (QED) is 0.704. The van der Waals surface area contributed by atoms with Gasteiger partial charge < -0.3 is 4.74 Å². The third kappa shape index (κ3) is 5.15. The smallest absolute Gasteiger partial charge is 0.165 e. The average Bonchev–Trinajstić information content (AvgIpc) is 2.39. The fraction of sp³-hybridized carbons (Fsp3) is 0.588. The molecule has 0 saturated heterocycles. The maximum absolute atomic E-state index is 12.2. The number of carbonyl (C=O) groups is 1. The minimum Gasteiger partial charge on any atom is -0.371 e. The number of ketones is 1. The van der Waals surface area contributed by atoms with Gasteiger partial charge in [0.05, 0.1) is 0 Å². The van der Waals surface area contributed by atoms with E-state index in [0.29, 0.717) is 18.9 Å². The summed E-state index contributed by atoms with van der Waals surface area (Å²) in [4.78, 5) is 12.2. The average molecular weight is 262 g/mol. The molecule has 0 spiro atoms. The zero-order valence-electron chi connectivity index (χ0n) is 12.6. The Balaban J connectivity index is 2.64. The molecule has 0 bridgehead atoms. The molecule has 0 aliphatic carbocycles. The second kappa shape index (κ2) is 8.11. The van der Waals surface area contributed by atoms with E-state index in [0.717, 1.165) is 18.4 Å². The molecular formula is C17H26O2. The molecule has 0 aliphatic heterocycles. The van der Waals surface area contributed by atoms with Crippen LogP contribution in [0.25, 0.3) is 0 Å². The van der Waals surface area contributed by atoms with Crippen molar-refractivity contribution in [3.05, 3.63) is 35.4 Å². The molecule has 106 valence electrons. The van der Waals surface area contributed by atoms with E-state index in [4.69, 9.17) is 4.74 Å². The van der Waals surface area contributed by atoms with Crippen molar-refractivity contribution >= 4 is 5.78 Å². The van der Waals surface area contributed by atoms with Crippen molar-refractivity contribution in [2.24, 2.45) is 0 Å². The van der Waals surface area contributed by atoms with E-state index in [2.05, 4.69) is 45.0 Å². The van der Waals surface area contributed by atoms with E-state index in [-0.39, 0.29) is 11.9 Å². The van der Waals surface area contributed by atoms with Crippen LogP contribution in [0.1, 0.15) is 57.6 Å². The maximum Gasteiger partial charge on any atom is 0.165 e. The number of ether oxygens (including phenoxy) is 1. The molecule has 2 nitrogen and oxygen atoms in total. The predicted octanol–water partition coefficient (Wildman–Crippen LogP) is 4.13. The highest BCUT2D eigenvalue weighted by Gasteiger charge is 2.17. The van der Waals surface area contributed by atoms with Crippen molar-refractivity contribution in [2.45, 2.75) is 59.0 Å². The van der Waals surface area contributed by atoms with Gasteiger partial charge in [-0.2, -0.15) is 0 Å². The highest BCUT2D eigenvalue weighted by molar-refractivity contribution is 5.85. The number of rotatable bonds is 8. The van der Waals surface area contributed by atoms with Crippen molar-refractivity contribution in [1.29, 1.82) is 0 Å². The highest BCUT2D eigenvalue weighted by Crippen LogP contribution is 2.16. The largest absolute Gasteiger partial charge is 0.371 e. The molecular weight excluding hydrogens is 236 g/mol. The standard InChI is InChI=1S/C17H26O2/c1-5-7-17(19-6-2)16(18)12-14-8-10-15(11-9-14)13(3)4/h8-11,13,17H,5-7,12H2,1-4H3. The van der Waals surface area contributed by atoms with Crippen LogP contribution in [0, 0.1) is 0 Å². The van der Waals surface area contributed by atoms with Gasteiger partial charge in [-0.15, -0.1) is 0 Å². The second-order valence-electron chi connectivity index (χ2n) is 5.27. The van der Waals surface area contributed by atoms with Crippen molar-refractivity contribution in [1.82, 2.24) is 0 Å². The summed E-state index contributed by atoms with van der Waals surface area (Å²) in [5.41, 5.74) is 2.39. The van der Waals surface area contributed by atoms with Crippen LogP contribution in [0.2, 0.25) is 0 Å². The third-order valence-electron chi connectivity index (χ3n) is 3.30. The lowest BCUT2D eigenvalue weighted by molar-refractivity contribution is -0.130. The molecule has 0 aromatic heterocycles. The number of Topliss-reactive ketones (excluding diaryl/α,β-unsaturated/α-hetero) is 1. The van der Waals surface area contributed by atoms with Crippen molar-refractivity contribution < 1.29 is 9.53 Å². The van der Waals surface area contributed by atoms with E-state index in [1.807, 2.05) is 6.92 Å². The number of benzene rings is 1. The van der Waals surface area contributed by atoms with Gasteiger partial charge in [0.1, 0.15) is 6.10 Å². The molecule has 1 aromatic carbocycles.